The van der Waals surface area contributed by atoms with Gasteiger partial charge in [-0.25, -0.2) is 4.98 Å². The number of nitrogens with two attached hydrogens (primary N) is 1. The van der Waals surface area contributed by atoms with Crippen molar-refractivity contribution in [3.8, 4) is 22.9 Å². The molecule has 0 atom stereocenters. The normalized spacial score (nSPS) is 10.2. The van der Waals surface area contributed by atoms with E-state index in [4.69, 9.17) is 10.5 Å². The van der Waals surface area contributed by atoms with Crippen molar-refractivity contribution in [2.45, 2.75) is 0 Å². The van der Waals surface area contributed by atoms with Gasteiger partial charge in [0.15, 0.2) is 0 Å². The Morgan fingerprint density at radius 3 is 2.15 bits per heavy atom. The monoisotopic (exact) mass is 263 g/mol. The lowest BCUT2D eigenvalue weighted by molar-refractivity contribution is 0.463. The maximum Gasteiger partial charge on any atom is 0.224 e. The van der Waals surface area contributed by atoms with Gasteiger partial charge in [0.05, 0.1) is 5.69 Å². The van der Waals surface area contributed by atoms with Crippen LogP contribution in [0.3, 0.4) is 0 Å². The molecule has 3 rings (SSSR count). The Balaban J connectivity index is 1.95. The number of para-hydroxylation sites is 1. The lowest BCUT2D eigenvalue weighted by atomic mass is 10.1. The molecule has 4 nitrogen and oxygen atoms in total. The van der Waals surface area contributed by atoms with E-state index in [2.05, 4.69) is 9.97 Å². The summed E-state index contributed by atoms with van der Waals surface area (Å²) >= 11 is 0. The maximum absolute atomic E-state index is 5.75. The zero-order valence-electron chi connectivity index (χ0n) is 10.7. The summed E-state index contributed by atoms with van der Waals surface area (Å²) in [7, 11) is 0. The number of anilines is 1. The zero-order valence-corrected chi connectivity index (χ0v) is 10.7. The molecule has 0 aliphatic rings. The first-order chi connectivity index (χ1) is 9.81. The van der Waals surface area contributed by atoms with Crippen LogP contribution in [0.4, 0.5) is 5.95 Å². The third kappa shape index (κ3) is 2.75. The van der Waals surface area contributed by atoms with Crippen LogP contribution in [-0.4, -0.2) is 9.97 Å². The Kier molecular flexibility index (Phi) is 3.29. The first-order valence-electron chi connectivity index (χ1n) is 6.24. The number of aromatic nitrogens is 2. The molecular weight excluding hydrogens is 250 g/mol. The van der Waals surface area contributed by atoms with E-state index < -0.39 is 0 Å². The lowest BCUT2D eigenvalue weighted by Gasteiger charge is -2.07. The number of ether oxygens (including phenoxy) is 1. The van der Waals surface area contributed by atoms with E-state index in [9.17, 15) is 0 Å². The SMILES string of the molecule is Nc1nc(Oc2ccccc2)cc(-c2ccccc2)n1. The quantitative estimate of drug-likeness (QED) is 0.785. The second-order valence-electron chi connectivity index (χ2n) is 4.23. The minimum Gasteiger partial charge on any atom is -0.439 e. The zero-order chi connectivity index (χ0) is 13.8. The summed E-state index contributed by atoms with van der Waals surface area (Å²) in [5.74, 6) is 1.34. The Morgan fingerprint density at radius 1 is 0.800 bits per heavy atom. The molecule has 2 aromatic carbocycles. The predicted octanol–water partition coefficient (Wildman–Crippen LogP) is 3.52. The van der Waals surface area contributed by atoms with Crippen molar-refractivity contribution >= 4 is 5.95 Å². The molecule has 0 saturated heterocycles. The summed E-state index contributed by atoms with van der Waals surface area (Å²) in [5, 5.41) is 0. The summed E-state index contributed by atoms with van der Waals surface area (Å²) < 4.78 is 5.69. The molecule has 0 aliphatic heterocycles. The van der Waals surface area contributed by atoms with E-state index in [0.717, 1.165) is 11.3 Å². The van der Waals surface area contributed by atoms with Gasteiger partial charge >= 0.3 is 0 Å². The van der Waals surface area contributed by atoms with Crippen molar-refractivity contribution in [1.29, 1.82) is 0 Å². The average molecular weight is 263 g/mol. The highest BCUT2D eigenvalue weighted by atomic mass is 16.5. The van der Waals surface area contributed by atoms with Crippen molar-refractivity contribution < 1.29 is 4.74 Å². The van der Waals surface area contributed by atoms with E-state index in [0.29, 0.717) is 11.6 Å². The number of hydrogen-bond donors (Lipinski definition) is 1. The fraction of sp³-hybridized carbons (Fsp3) is 0. The third-order valence-corrected chi connectivity index (χ3v) is 2.76. The van der Waals surface area contributed by atoms with Gasteiger partial charge in [-0.3, -0.25) is 0 Å². The Morgan fingerprint density at radius 2 is 1.45 bits per heavy atom. The molecule has 0 fully saturated rings. The van der Waals surface area contributed by atoms with Crippen molar-refractivity contribution in [3.63, 3.8) is 0 Å². The molecule has 0 bridgehead atoms. The molecule has 0 unspecified atom stereocenters. The molecule has 3 aromatic rings. The van der Waals surface area contributed by atoms with Crippen molar-refractivity contribution in [2.75, 3.05) is 5.73 Å². The first kappa shape index (κ1) is 12.2. The highest BCUT2D eigenvalue weighted by Crippen LogP contribution is 2.25. The molecule has 20 heavy (non-hydrogen) atoms. The van der Waals surface area contributed by atoms with Crippen LogP contribution in [0.15, 0.2) is 66.7 Å². The molecule has 0 saturated carbocycles. The first-order valence-corrected chi connectivity index (χ1v) is 6.24. The second-order valence-corrected chi connectivity index (χ2v) is 4.23. The fourth-order valence-corrected chi connectivity index (χ4v) is 1.86. The van der Waals surface area contributed by atoms with Gasteiger partial charge in [-0.15, -0.1) is 0 Å². The van der Waals surface area contributed by atoms with E-state index >= 15 is 0 Å². The number of rotatable bonds is 3. The highest BCUT2D eigenvalue weighted by Gasteiger charge is 2.06. The van der Waals surface area contributed by atoms with Crippen molar-refractivity contribution in [3.05, 3.63) is 66.7 Å². The van der Waals surface area contributed by atoms with Gasteiger partial charge in [-0.05, 0) is 12.1 Å². The standard InChI is InChI=1S/C16H13N3O/c17-16-18-14(12-7-3-1-4-8-12)11-15(19-16)20-13-9-5-2-6-10-13/h1-11H,(H2,17,18,19). The van der Waals surface area contributed by atoms with Gasteiger partial charge in [0.25, 0.3) is 0 Å². The van der Waals surface area contributed by atoms with Crippen LogP contribution in [0.5, 0.6) is 11.6 Å². The molecule has 1 heterocycles. The number of nitrogen functional groups attached to an aromatic ring is 1. The smallest absolute Gasteiger partial charge is 0.224 e. The topological polar surface area (TPSA) is 61.0 Å². The minimum absolute atomic E-state index is 0.192. The van der Waals surface area contributed by atoms with Crippen LogP contribution in [0, 0.1) is 0 Å². The fourth-order valence-electron chi connectivity index (χ4n) is 1.86. The Labute approximate surface area is 116 Å². The molecule has 0 spiro atoms. The predicted molar refractivity (Wildman–Crippen MR) is 78.4 cm³/mol. The van der Waals surface area contributed by atoms with Gasteiger partial charge in [-0.2, -0.15) is 4.98 Å². The second kappa shape index (κ2) is 5.40. The van der Waals surface area contributed by atoms with Crippen molar-refractivity contribution in [2.24, 2.45) is 0 Å². The van der Waals surface area contributed by atoms with Crippen LogP contribution in [-0.2, 0) is 0 Å². The molecule has 1 aromatic heterocycles. The average Bonchev–Trinajstić information content (AvgIpc) is 2.49. The van der Waals surface area contributed by atoms with E-state index in [1.54, 1.807) is 6.07 Å². The Hall–Kier alpha value is -2.88. The van der Waals surface area contributed by atoms with Crippen LogP contribution >= 0.6 is 0 Å². The summed E-state index contributed by atoms with van der Waals surface area (Å²) in [5.41, 5.74) is 7.46. The van der Waals surface area contributed by atoms with Crippen LogP contribution in [0.25, 0.3) is 11.3 Å². The lowest BCUT2D eigenvalue weighted by Crippen LogP contribution is -1.99. The van der Waals surface area contributed by atoms with E-state index in [-0.39, 0.29) is 5.95 Å². The van der Waals surface area contributed by atoms with Gasteiger partial charge in [0, 0.05) is 11.6 Å². The van der Waals surface area contributed by atoms with Crippen LogP contribution < -0.4 is 10.5 Å². The van der Waals surface area contributed by atoms with E-state index in [1.807, 2.05) is 60.7 Å². The van der Waals surface area contributed by atoms with Gasteiger partial charge < -0.3 is 10.5 Å². The van der Waals surface area contributed by atoms with E-state index in [1.165, 1.54) is 0 Å². The van der Waals surface area contributed by atoms with Crippen LogP contribution in [0.2, 0.25) is 0 Å². The number of nitrogens with zero attached hydrogens (tertiary/aromatic N) is 2. The summed E-state index contributed by atoms with van der Waals surface area (Å²) in [6.45, 7) is 0. The third-order valence-electron chi connectivity index (χ3n) is 2.76. The molecule has 0 radical (unpaired) electrons. The van der Waals surface area contributed by atoms with Crippen molar-refractivity contribution in [1.82, 2.24) is 9.97 Å². The van der Waals surface area contributed by atoms with Gasteiger partial charge in [0.2, 0.25) is 11.8 Å². The highest BCUT2D eigenvalue weighted by molar-refractivity contribution is 5.61. The summed E-state index contributed by atoms with van der Waals surface area (Å²) in [4.78, 5) is 8.33. The number of hydrogen-bond acceptors (Lipinski definition) is 4. The largest absolute Gasteiger partial charge is 0.439 e. The molecular formula is C16H13N3O. The molecule has 98 valence electrons. The van der Waals surface area contributed by atoms with Gasteiger partial charge in [0.1, 0.15) is 5.75 Å². The summed E-state index contributed by atoms with van der Waals surface area (Å²) in [6.07, 6.45) is 0. The Bertz CT molecular complexity index is 699. The molecule has 4 heteroatoms. The molecule has 0 amide bonds. The number of benzene rings is 2. The maximum atomic E-state index is 5.75. The molecule has 2 N–H and O–H groups in total. The van der Waals surface area contributed by atoms with Crippen LogP contribution in [0.1, 0.15) is 0 Å². The minimum atomic E-state index is 0.192. The summed E-state index contributed by atoms with van der Waals surface area (Å²) in [6, 6.07) is 21.0. The van der Waals surface area contributed by atoms with Gasteiger partial charge in [-0.1, -0.05) is 48.5 Å². The molecule has 0 aliphatic carbocycles.